The summed E-state index contributed by atoms with van der Waals surface area (Å²) >= 11 is 0. The van der Waals surface area contributed by atoms with E-state index in [9.17, 15) is 34.2 Å². The Labute approximate surface area is 201 Å². The number of hydrogen-bond acceptors (Lipinski definition) is 9. The molecule has 15 heteroatoms. The molecule has 1 aliphatic rings. The third-order valence-electron chi connectivity index (χ3n) is 5.40. The Morgan fingerprint density at radius 1 is 1.33 bits per heavy atom. The molecule has 1 aromatic carbocycles. The van der Waals surface area contributed by atoms with Crippen molar-refractivity contribution in [2.24, 2.45) is 5.11 Å². The molecule has 1 amide bonds. The van der Waals surface area contributed by atoms with Crippen LogP contribution in [0.1, 0.15) is 23.8 Å². The number of carbonyl (C=O) groups is 3. The molecule has 1 aliphatic heterocycles. The maximum absolute atomic E-state index is 12.2. The number of H-pyrrole nitrogens is 1. The molecule has 4 N–H and O–H groups in total. The van der Waals surface area contributed by atoms with Crippen LogP contribution >= 0.6 is 0 Å². The molecule has 0 unspecified atom stereocenters. The monoisotopic (exact) mass is 502 g/mol. The molecule has 1 saturated heterocycles. The summed E-state index contributed by atoms with van der Waals surface area (Å²) in [5.41, 5.74) is 8.25. The number of aromatic amines is 1. The lowest BCUT2D eigenvalue weighted by Crippen LogP contribution is -2.46. The Kier molecular flexibility index (Phi) is 8.09. The SMILES string of the molecule is Cc1cn([C@H]2C[C@H](N=[N+]=[N-])[C@@H](COC(=O)C(=O)N[C@@H](Cc3ccc(O)cc3)C(=O)O)O2)c(=O)[nH]c1=O. The van der Waals surface area contributed by atoms with Crippen molar-refractivity contribution in [2.75, 3.05) is 6.61 Å². The van der Waals surface area contributed by atoms with Gasteiger partial charge in [0.1, 0.15) is 30.7 Å². The molecule has 1 aromatic heterocycles. The molecule has 0 spiro atoms. The highest BCUT2D eigenvalue weighted by atomic mass is 16.6. The van der Waals surface area contributed by atoms with E-state index in [4.69, 9.17) is 15.0 Å². The maximum Gasteiger partial charge on any atom is 0.396 e. The van der Waals surface area contributed by atoms with Crippen molar-refractivity contribution >= 4 is 17.8 Å². The molecule has 2 aromatic rings. The van der Waals surface area contributed by atoms with Crippen LogP contribution in [0.3, 0.4) is 0 Å². The molecular formula is C21H22N6O9. The van der Waals surface area contributed by atoms with Gasteiger partial charge in [-0.3, -0.25) is 19.1 Å². The van der Waals surface area contributed by atoms with E-state index >= 15 is 0 Å². The molecule has 36 heavy (non-hydrogen) atoms. The van der Waals surface area contributed by atoms with Crippen molar-refractivity contribution in [3.05, 3.63) is 72.9 Å². The van der Waals surface area contributed by atoms with E-state index in [0.29, 0.717) is 5.56 Å². The van der Waals surface area contributed by atoms with Crippen molar-refractivity contribution in [2.45, 2.75) is 44.2 Å². The second-order valence-electron chi connectivity index (χ2n) is 7.95. The predicted octanol–water partition coefficient (Wildman–Crippen LogP) is -0.128. The summed E-state index contributed by atoms with van der Waals surface area (Å²) in [5.74, 6) is -4.12. The lowest BCUT2D eigenvalue weighted by molar-refractivity contribution is -0.159. The zero-order valence-corrected chi connectivity index (χ0v) is 18.9. The van der Waals surface area contributed by atoms with E-state index < -0.39 is 60.1 Å². The van der Waals surface area contributed by atoms with E-state index in [0.717, 1.165) is 4.57 Å². The molecule has 2 heterocycles. The molecule has 0 radical (unpaired) electrons. The van der Waals surface area contributed by atoms with Crippen molar-refractivity contribution in [3.63, 3.8) is 0 Å². The standard InChI is InChI=1S/C21H22N6O9/c1-10-8-27(21(34)24-17(10)29)16-7-13(25-26-22)15(36-16)9-35-20(33)18(30)23-14(19(31)32)6-11-2-4-12(28)5-3-11/h2-5,8,13-16,28H,6-7,9H2,1H3,(H,23,30)(H,31,32)(H,24,29,34)/t13-,14-,15+,16+/m0/s1. The fourth-order valence-corrected chi connectivity index (χ4v) is 3.53. The van der Waals surface area contributed by atoms with Gasteiger partial charge in [-0.2, -0.15) is 0 Å². The Morgan fingerprint density at radius 2 is 2.03 bits per heavy atom. The number of phenolic OH excluding ortho intramolecular Hbond substituents is 1. The van der Waals surface area contributed by atoms with Crippen molar-refractivity contribution in [1.82, 2.24) is 14.9 Å². The van der Waals surface area contributed by atoms with Crippen LogP contribution in [0.4, 0.5) is 0 Å². The summed E-state index contributed by atoms with van der Waals surface area (Å²) in [6, 6.07) is 3.32. The highest BCUT2D eigenvalue weighted by Gasteiger charge is 2.38. The normalized spacial score (nSPS) is 19.6. The minimum absolute atomic E-state index is 0.0193. The topological polar surface area (TPSA) is 226 Å². The van der Waals surface area contributed by atoms with Crippen LogP contribution in [0.25, 0.3) is 10.4 Å². The number of nitrogens with one attached hydrogen (secondary N) is 2. The third-order valence-corrected chi connectivity index (χ3v) is 5.40. The minimum atomic E-state index is -1.45. The Hall–Kier alpha value is -4.62. The number of carbonyl (C=O) groups excluding carboxylic acids is 2. The van der Waals surface area contributed by atoms with Gasteiger partial charge in [-0.15, -0.1) is 0 Å². The van der Waals surface area contributed by atoms with E-state index in [2.05, 4.69) is 20.3 Å². The number of aliphatic carboxylic acids is 1. The number of aromatic nitrogens is 2. The van der Waals surface area contributed by atoms with E-state index in [1.165, 1.54) is 37.4 Å². The fourth-order valence-electron chi connectivity index (χ4n) is 3.53. The van der Waals surface area contributed by atoms with Gasteiger partial charge >= 0.3 is 23.5 Å². The highest BCUT2D eigenvalue weighted by molar-refractivity contribution is 6.32. The van der Waals surface area contributed by atoms with Crippen molar-refractivity contribution < 1.29 is 34.1 Å². The number of aromatic hydroxyl groups is 1. The smallest absolute Gasteiger partial charge is 0.396 e. The summed E-state index contributed by atoms with van der Waals surface area (Å²) in [6.07, 6.45) is -0.816. The van der Waals surface area contributed by atoms with Gasteiger partial charge in [0, 0.05) is 29.5 Å². The zero-order chi connectivity index (χ0) is 26.4. The average molecular weight is 502 g/mol. The van der Waals surface area contributed by atoms with Crippen molar-refractivity contribution in [3.8, 4) is 5.75 Å². The first kappa shape index (κ1) is 26.0. The van der Waals surface area contributed by atoms with E-state index in [1.807, 2.05) is 0 Å². The molecule has 0 saturated carbocycles. The zero-order valence-electron chi connectivity index (χ0n) is 18.9. The van der Waals surface area contributed by atoms with Crippen molar-refractivity contribution in [1.29, 1.82) is 0 Å². The Morgan fingerprint density at radius 3 is 2.67 bits per heavy atom. The van der Waals surface area contributed by atoms with Crippen LogP contribution in [-0.4, -0.2) is 62.4 Å². The van der Waals surface area contributed by atoms with Gasteiger partial charge in [0.15, 0.2) is 0 Å². The number of rotatable bonds is 8. The lowest BCUT2D eigenvalue weighted by atomic mass is 10.1. The lowest BCUT2D eigenvalue weighted by Gasteiger charge is -2.17. The first-order chi connectivity index (χ1) is 17.1. The fraction of sp³-hybridized carbons (Fsp3) is 0.381. The number of nitrogens with zero attached hydrogens (tertiary/aromatic N) is 4. The summed E-state index contributed by atoms with van der Waals surface area (Å²) in [5, 5.41) is 24.3. The van der Waals surface area contributed by atoms with E-state index in [-0.39, 0.29) is 24.2 Å². The van der Waals surface area contributed by atoms with Crippen LogP contribution in [0.5, 0.6) is 5.75 Å². The average Bonchev–Trinajstić information content (AvgIpc) is 3.23. The first-order valence-corrected chi connectivity index (χ1v) is 10.6. The van der Waals surface area contributed by atoms with Gasteiger partial charge in [-0.25, -0.2) is 14.4 Å². The number of aryl methyl sites for hydroxylation is 1. The highest BCUT2D eigenvalue weighted by Crippen LogP contribution is 2.30. The van der Waals surface area contributed by atoms with Gasteiger partial charge in [0.25, 0.3) is 5.56 Å². The van der Waals surface area contributed by atoms with E-state index in [1.54, 1.807) is 0 Å². The Bertz CT molecular complexity index is 1310. The number of azide groups is 1. The summed E-state index contributed by atoms with van der Waals surface area (Å²) in [6.45, 7) is 0.956. The third kappa shape index (κ3) is 6.28. The number of hydrogen-bond donors (Lipinski definition) is 4. The number of phenols is 1. The van der Waals surface area contributed by atoms with Crippen LogP contribution < -0.4 is 16.6 Å². The quantitative estimate of drug-likeness (QED) is 0.124. The van der Waals surface area contributed by atoms with Crippen LogP contribution in [0, 0.1) is 6.92 Å². The minimum Gasteiger partial charge on any atom is -0.508 e. The molecule has 15 nitrogen and oxygen atoms in total. The number of amides is 1. The Balaban J connectivity index is 1.62. The molecule has 0 bridgehead atoms. The van der Waals surface area contributed by atoms with Gasteiger partial charge in [0.05, 0.1) is 6.04 Å². The van der Waals surface area contributed by atoms with Crippen LogP contribution in [-0.2, 0) is 30.3 Å². The number of esters is 1. The molecular weight excluding hydrogens is 480 g/mol. The number of carboxylic acid groups (broad SMARTS) is 1. The van der Waals surface area contributed by atoms with Gasteiger partial charge in [0.2, 0.25) is 0 Å². The number of benzene rings is 1. The summed E-state index contributed by atoms with van der Waals surface area (Å²) in [7, 11) is 0. The predicted molar refractivity (Wildman–Crippen MR) is 120 cm³/mol. The van der Waals surface area contributed by atoms with Gasteiger partial charge in [-0.05, 0) is 30.2 Å². The molecule has 4 atom stereocenters. The van der Waals surface area contributed by atoms with Gasteiger partial charge in [-0.1, -0.05) is 17.2 Å². The van der Waals surface area contributed by atoms with Crippen LogP contribution in [0.15, 0.2) is 45.2 Å². The first-order valence-electron chi connectivity index (χ1n) is 10.6. The summed E-state index contributed by atoms with van der Waals surface area (Å²) in [4.78, 5) is 64.5. The molecule has 1 fully saturated rings. The molecule has 3 rings (SSSR count). The van der Waals surface area contributed by atoms with Gasteiger partial charge < -0.3 is 25.0 Å². The maximum atomic E-state index is 12.2. The molecule has 0 aliphatic carbocycles. The number of carboxylic acids is 1. The van der Waals surface area contributed by atoms with Crippen LogP contribution in [0.2, 0.25) is 0 Å². The summed E-state index contributed by atoms with van der Waals surface area (Å²) < 4.78 is 11.7. The molecule has 190 valence electrons. The second kappa shape index (κ2) is 11.2. The number of ether oxygens (including phenoxy) is 2. The largest absolute Gasteiger partial charge is 0.508 e. The second-order valence-corrected chi connectivity index (χ2v) is 7.95.